The molecular weight excluding hydrogens is 264 g/mol. The van der Waals surface area contributed by atoms with Crippen molar-refractivity contribution in [1.29, 1.82) is 0 Å². The third-order valence-corrected chi connectivity index (χ3v) is 2.34. The topological polar surface area (TPSA) is 12.9 Å². The van der Waals surface area contributed by atoms with Crippen LogP contribution >= 0.6 is 15.9 Å². The molecular formula is C11H5BrF2N. The zero-order chi connectivity index (χ0) is 10.8. The molecule has 1 aromatic carbocycles. The van der Waals surface area contributed by atoms with Gasteiger partial charge in [-0.25, -0.2) is 9.37 Å². The molecule has 15 heavy (non-hydrogen) atoms. The summed E-state index contributed by atoms with van der Waals surface area (Å²) < 4.78 is 26.9. The summed E-state index contributed by atoms with van der Waals surface area (Å²) in [5.41, 5.74) is 0.704. The third kappa shape index (κ3) is 2.21. The van der Waals surface area contributed by atoms with Crippen LogP contribution in [0.15, 0.2) is 34.9 Å². The van der Waals surface area contributed by atoms with Crippen molar-refractivity contribution < 1.29 is 8.78 Å². The molecule has 1 radical (unpaired) electrons. The van der Waals surface area contributed by atoms with Gasteiger partial charge >= 0.3 is 0 Å². The summed E-state index contributed by atoms with van der Waals surface area (Å²) in [5.74, 6) is -1.25. The Morgan fingerprint density at radius 3 is 2.80 bits per heavy atom. The molecule has 0 aliphatic heterocycles. The molecule has 0 amide bonds. The molecule has 75 valence electrons. The van der Waals surface area contributed by atoms with Gasteiger partial charge in [-0.05, 0) is 23.8 Å². The van der Waals surface area contributed by atoms with E-state index in [9.17, 15) is 8.78 Å². The first kappa shape index (κ1) is 10.2. The van der Waals surface area contributed by atoms with E-state index in [0.717, 1.165) is 12.3 Å². The van der Waals surface area contributed by atoms with Crippen molar-refractivity contribution >= 4 is 15.9 Å². The summed E-state index contributed by atoms with van der Waals surface area (Å²) in [6.45, 7) is 0. The second kappa shape index (κ2) is 4.06. The normalized spacial score (nSPS) is 10.3. The van der Waals surface area contributed by atoms with Crippen molar-refractivity contribution in [3.8, 4) is 11.1 Å². The molecule has 0 saturated carbocycles. The monoisotopic (exact) mass is 268 g/mol. The van der Waals surface area contributed by atoms with Gasteiger partial charge in [0.25, 0.3) is 0 Å². The van der Waals surface area contributed by atoms with Gasteiger partial charge in [-0.15, -0.1) is 0 Å². The van der Waals surface area contributed by atoms with Gasteiger partial charge < -0.3 is 0 Å². The van der Waals surface area contributed by atoms with E-state index in [1.165, 1.54) is 0 Å². The first-order chi connectivity index (χ1) is 7.16. The largest absolute Gasteiger partial charge is 0.225 e. The van der Waals surface area contributed by atoms with Gasteiger partial charge in [0.2, 0.25) is 5.95 Å². The Morgan fingerprint density at radius 2 is 2.07 bits per heavy atom. The molecule has 2 rings (SSSR count). The fourth-order valence-corrected chi connectivity index (χ4v) is 1.61. The van der Waals surface area contributed by atoms with Gasteiger partial charge in [0.1, 0.15) is 5.82 Å². The first-order valence-corrected chi connectivity index (χ1v) is 4.95. The molecule has 1 aromatic heterocycles. The highest BCUT2D eigenvalue weighted by molar-refractivity contribution is 9.10. The minimum atomic E-state index is -0.686. The van der Waals surface area contributed by atoms with Crippen molar-refractivity contribution in [2.75, 3.05) is 0 Å². The van der Waals surface area contributed by atoms with Crippen molar-refractivity contribution in [2.45, 2.75) is 0 Å². The number of hydrogen-bond donors (Lipinski definition) is 0. The Morgan fingerprint density at radius 1 is 1.27 bits per heavy atom. The summed E-state index contributed by atoms with van der Waals surface area (Å²) in [5, 5.41) is 0. The van der Waals surface area contributed by atoms with Gasteiger partial charge in [0.15, 0.2) is 0 Å². The lowest BCUT2D eigenvalue weighted by molar-refractivity contribution is 0.563. The van der Waals surface area contributed by atoms with E-state index in [2.05, 4.69) is 27.0 Å². The standard InChI is InChI=1S/C11H5BrF2N/c12-8-3-1-2-7(4-8)10-5-9(13)6-15-11(10)14/h1-2,4-6H. The Bertz CT molecular complexity index is 500. The highest BCUT2D eigenvalue weighted by atomic mass is 79.9. The van der Waals surface area contributed by atoms with Gasteiger partial charge in [-0.3, -0.25) is 0 Å². The van der Waals surface area contributed by atoms with Crippen LogP contribution in [0.5, 0.6) is 0 Å². The SMILES string of the molecule is Fc1cnc(F)c(-c2cc[c]c(Br)c2)c1. The molecule has 0 spiro atoms. The molecule has 0 unspecified atom stereocenters. The molecule has 0 N–H and O–H groups in total. The Hall–Kier alpha value is -1.29. The van der Waals surface area contributed by atoms with E-state index in [-0.39, 0.29) is 5.56 Å². The summed E-state index contributed by atoms with van der Waals surface area (Å²) in [6, 6.07) is 8.89. The molecule has 0 fully saturated rings. The first-order valence-electron chi connectivity index (χ1n) is 4.15. The van der Waals surface area contributed by atoms with Crippen molar-refractivity contribution in [1.82, 2.24) is 4.98 Å². The smallest absolute Gasteiger partial charge is 0.220 e. The number of aromatic nitrogens is 1. The van der Waals surface area contributed by atoms with E-state index in [0.29, 0.717) is 10.0 Å². The molecule has 4 heteroatoms. The number of benzene rings is 1. The van der Waals surface area contributed by atoms with Gasteiger partial charge in [0.05, 0.1) is 6.20 Å². The van der Waals surface area contributed by atoms with Gasteiger partial charge in [-0.1, -0.05) is 28.1 Å². The van der Waals surface area contributed by atoms with Crippen LogP contribution in [-0.2, 0) is 0 Å². The Labute approximate surface area is 93.9 Å². The predicted octanol–water partition coefficient (Wildman–Crippen LogP) is 3.59. The van der Waals surface area contributed by atoms with Crippen LogP contribution in [0.25, 0.3) is 11.1 Å². The number of hydrogen-bond acceptors (Lipinski definition) is 1. The van der Waals surface area contributed by atoms with Crippen LogP contribution in [0.2, 0.25) is 0 Å². The lowest BCUT2D eigenvalue weighted by atomic mass is 10.1. The number of nitrogens with zero attached hydrogens (tertiary/aromatic N) is 1. The molecule has 0 bridgehead atoms. The van der Waals surface area contributed by atoms with Crippen LogP contribution in [0, 0.1) is 17.8 Å². The van der Waals surface area contributed by atoms with Crippen molar-refractivity contribution in [3.05, 3.63) is 52.8 Å². The molecule has 1 nitrogen and oxygen atoms in total. The van der Waals surface area contributed by atoms with E-state index in [1.807, 2.05) is 0 Å². The zero-order valence-electron chi connectivity index (χ0n) is 7.47. The number of halogens is 3. The average molecular weight is 269 g/mol. The fraction of sp³-hybridized carbons (Fsp3) is 0. The zero-order valence-corrected chi connectivity index (χ0v) is 9.05. The lowest BCUT2D eigenvalue weighted by Crippen LogP contribution is -1.90. The molecule has 0 aliphatic rings. The fourth-order valence-electron chi connectivity index (χ4n) is 1.23. The van der Waals surface area contributed by atoms with Crippen LogP contribution in [-0.4, -0.2) is 4.98 Å². The van der Waals surface area contributed by atoms with Crippen LogP contribution in [0.4, 0.5) is 8.78 Å². The van der Waals surface area contributed by atoms with E-state index in [1.54, 1.807) is 18.2 Å². The highest BCUT2D eigenvalue weighted by Gasteiger charge is 2.07. The van der Waals surface area contributed by atoms with E-state index >= 15 is 0 Å². The summed E-state index contributed by atoms with van der Waals surface area (Å²) in [4.78, 5) is 3.32. The second-order valence-electron chi connectivity index (χ2n) is 2.92. The molecule has 0 saturated heterocycles. The quantitative estimate of drug-likeness (QED) is 0.721. The average Bonchev–Trinajstić information content (AvgIpc) is 2.22. The molecule has 0 atom stereocenters. The van der Waals surface area contributed by atoms with E-state index in [4.69, 9.17) is 0 Å². The molecule has 0 aliphatic carbocycles. The van der Waals surface area contributed by atoms with Crippen molar-refractivity contribution in [2.24, 2.45) is 0 Å². The van der Waals surface area contributed by atoms with Crippen LogP contribution in [0.1, 0.15) is 0 Å². The second-order valence-corrected chi connectivity index (χ2v) is 3.77. The maximum atomic E-state index is 13.3. The number of pyridine rings is 1. The van der Waals surface area contributed by atoms with E-state index < -0.39 is 11.8 Å². The Balaban J connectivity index is 2.58. The minimum absolute atomic E-state index is 0.143. The summed E-state index contributed by atoms with van der Waals surface area (Å²) in [7, 11) is 0. The van der Waals surface area contributed by atoms with Crippen molar-refractivity contribution in [3.63, 3.8) is 0 Å². The van der Waals surface area contributed by atoms with Crippen LogP contribution in [0.3, 0.4) is 0 Å². The van der Waals surface area contributed by atoms with Crippen LogP contribution < -0.4 is 0 Å². The van der Waals surface area contributed by atoms with Gasteiger partial charge in [0, 0.05) is 10.0 Å². The molecule has 1 heterocycles. The maximum absolute atomic E-state index is 13.3. The highest BCUT2D eigenvalue weighted by Crippen LogP contribution is 2.24. The minimum Gasteiger partial charge on any atom is -0.225 e. The predicted molar refractivity (Wildman–Crippen MR) is 56.1 cm³/mol. The number of rotatable bonds is 1. The summed E-state index contributed by atoms with van der Waals surface area (Å²) in [6.07, 6.45) is 0.850. The summed E-state index contributed by atoms with van der Waals surface area (Å²) >= 11 is 3.21. The maximum Gasteiger partial charge on any atom is 0.220 e. The third-order valence-electron chi connectivity index (χ3n) is 1.88. The Kier molecular flexibility index (Phi) is 2.77. The molecule has 2 aromatic rings. The lowest BCUT2D eigenvalue weighted by Gasteiger charge is -2.02. The van der Waals surface area contributed by atoms with Gasteiger partial charge in [-0.2, -0.15) is 4.39 Å².